The van der Waals surface area contributed by atoms with Gasteiger partial charge < -0.3 is 15.1 Å². The van der Waals surface area contributed by atoms with Gasteiger partial charge in [0.05, 0.1) is 6.61 Å². The van der Waals surface area contributed by atoms with Crippen LogP contribution in [-0.2, 0) is 14.2 Å². The fourth-order valence-corrected chi connectivity index (χ4v) is 3.48. The van der Waals surface area contributed by atoms with E-state index in [4.69, 9.17) is 14.6 Å². The highest BCUT2D eigenvalue weighted by molar-refractivity contribution is 7.53. The maximum Gasteiger partial charge on any atom is 0.338 e. The van der Waals surface area contributed by atoms with E-state index >= 15 is 0 Å². The first-order valence-electron chi connectivity index (χ1n) is 9.84. The number of nitrogens with one attached hydrogen (secondary N) is 2. The Labute approximate surface area is 187 Å². The van der Waals surface area contributed by atoms with E-state index < -0.39 is 53.9 Å². The van der Waals surface area contributed by atoms with Crippen LogP contribution < -0.4 is 10.8 Å². The predicted octanol–water partition coefficient (Wildman–Crippen LogP) is 4.47. The molecule has 0 aliphatic carbocycles. The third kappa shape index (κ3) is 8.54. The Kier molecular flexibility index (Phi) is 11.2. The van der Waals surface area contributed by atoms with Gasteiger partial charge >= 0.3 is 7.60 Å². The topological polar surface area (TPSA) is 108 Å². The second kappa shape index (κ2) is 12.8. The summed E-state index contributed by atoms with van der Waals surface area (Å²) in [6, 6.07) is 0. The summed E-state index contributed by atoms with van der Waals surface area (Å²) in [6.45, 7) is 4.66. The van der Waals surface area contributed by atoms with Gasteiger partial charge in [-0.25, -0.2) is 27.4 Å². The number of benzene rings is 1. The van der Waals surface area contributed by atoms with Crippen molar-refractivity contribution >= 4 is 19.2 Å². The van der Waals surface area contributed by atoms with E-state index in [0.717, 1.165) is 5.57 Å². The number of amides is 1. The summed E-state index contributed by atoms with van der Waals surface area (Å²) in [5.74, 6) is -11.1. The Morgan fingerprint density at radius 3 is 2.06 bits per heavy atom. The lowest BCUT2D eigenvalue weighted by molar-refractivity contribution is -0.132. The van der Waals surface area contributed by atoms with Gasteiger partial charge in [0.2, 0.25) is 5.82 Å². The predicted molar refractivity (Wildman–Crippen MR) is 112 cm³/mol. The minimum Gasteiger partial charge on any atom is -0.376 e. The van der Waals surface area contributed by atoms with E-state index in [0.29, 0.717) is 18.4 Å². The van der Waals surface area contributed by atoms with E-state index in [9.17, 15) is 31.3 Å². The van der Waals surface area contributed by atoms with Gasteiger partial charge in [0.25, 0.3) is 5.91 Å². The Bertz CT molecular complexity index is 936. The molecule has 186 valence electrons. The SMILES string of the molecule is CCC(C(=O)NOC/C=C(\C)CC/C=C(\C)CNc1c(F)c(F)c(F)c(F)c1F)P(=O)(O)O. The lowest BCUT2D eigenvalue weighted by atomic mass is 10.1. The Hall–Kier alpha value is -2.27. The van der Waals surface area contributed by atoms with Crippen molar-refractivity contribution in [1.29, 1.82) is 0 Å². The number of carbonyl (C=O) groups is 1. The molecule has 4 N–H and O–H groups in total. The van der Waals surface area contributed by atoms with Gasteiger partial charge in [0, 0.05) is 6.54 Å². The van der Waals surface area contributed by atoms with Crippen LogP contribution in [0.25, 0.3) is 0 Å². The molecule has 33 heavy (non-hydrogen) atoms. The highest BCUT2D eigenvalue weighted by atomic mass is 31.2. The Morgan fingerprint density at radius 1 is 1.00 bits per heavy atom. The molecule has 1 atom stereocenters. The molecule has 1 aromatic carbocycles. The number of allylic oxidation sites excluding steroid dienone is 2. The van der Waals surface area contributed by atoms with Gasteiger partial charge in [-0.2, -0.15) is 0 Å². The van der Waals surface area contributed by atoms with Gasteiger partial charge in [-0.3, -0.25) is 14.2 Å². The van der Waals surface area contributed by atoms with Crippen LogP contribution in [0.1, 0.15) is 40.0 Å². The van der Waals surface area contributed by atoms with Crippen molar-refractivity contribution in [2.45, 2.75) is 45.7 Å². The van der Waals surface area contributed by atoms with Crippen LogP contribution in [-0.4, -0.2) is 34.5 Å². The largest absolute Gasteiger partial charge is 0.376 e. The zero-order chi connectivity index (χ0) is 25.3. The first-order chi connectivity index (χ1) is 15.3. The number of carbonyl (C=O) groups excluding carboxylic acids is 1. The molecule has 13 heteroatoms. The quantitative estimate of drug-likeness (QED) is 0.0642. The lowest BCUT2D eigenvalue weighted by Gasteiger charge is -2.15. The second-order valence-corrected chi connectivity index (χ2v) is 9.03. The molecule has 1 aromatic rings. The van der Waals surface area contributed by atoms with E-state index in [1.165, 1.54) is 6.92 Å². The molecule has 0 bridgehead atoms. The van der Waals surface area contributed by atoms with Gasteiger partial charge in [-0.15, -0.1) is 0 Å². The van der Waals surface area contributed by atoms with Crippen LogP contribution in [0, 0.1) is 29.1 Å². The molecule has 1 amide bonds. The molecule has 0 heterocycles. The molecule has 7 nitrogen and oxygen atoms in total. The minimum atomic E-state index is -4.58. The number of anilines is 1. The van der Waals surface area contributed by atoms with Crippen LogP contribution in [0.15, 0.2) is 23.3 Å². The van der Waals surface area contributed by atoms with Crippen LogP contribution >= 0.6 is 7.60 Å². The lowest BCUT2D eigenvalue weighted by Crippen LogP contribution is -2.34. The van der Waals surface area contributed by atoms with Crippen LogP contribution in [0.2, 0.25) is 0 Å². The molecule has 0 aliphatic heterocycles. The first kappa shape index (κ1) is 28.8. The summed E-state index contributed by atoms with van der Waals surface area (Å²) in [5, 5.41) is 2.21. The van der Waals surface area contributed by atoms with Gasteiger partial charge in [0.1, 0.15) is 11.3 Å². The molecule has 1 unspecified atom stereocenters. The first-order valence-corrected chi connectivity index (χ1v) is 11.5. The van der Waals surface area contributed by atoms with Crippen molar-refractivity contribution in [3.63, 3.8) is 0 Å². The average molecular weight is 500 g/mol. The maximum absolute atomic E-state index is 13.6. The van der Waals surface area contributed by atoms with Gasteiger partial charge in [-0.05, 0) is 33.1 Å². The highest BCUT2D eigenvalue weighted by Crippen LogP contribution is 2.42. The monoisotopic (exact) mass is 500 g/mol. The zero-order valence-electron chi connectivity index (χ0n) is 18.2. The summed E-state index contributed by atoms with van der Waals surface area (Å²) in [7, 11) is -4.58. The van der Waals surface area contributed by atoms with E-state index in [2.05, 4.69) is 5.32 Å². The van der Waals surface area contributed by atoms with Crippen molar-refractivity contribution < 1.29 is 45.9 Å². The molecule has 0 radical (unpaired) electrons. The van der Waals surface area contributed by atoms with Crippen LogP contribution in [0.5, 0.6) is 0 Å². The van der Waals surface area contributed by atoms with Gasteiger partial charge in [-0.1, -0.05) is 30.2 Å². The fraction of sp³-hybridized carbons (Fsp3) is 0.450. The number of hydroxylamine groups is 1. The van der Waals surface area contributed by atoms with Gasteiger partial charge in [0.15, 0.2) is 23.3 Å². The minimum absolute atomic E-state index is 0.0420. The number of hydrogen-bond acceptors (Lipinski definition) is 4. The van der Waals surface area contributed by atoms with Crippen molar-refractivity contribution in [1.82, 2.24) is 5.48 Å². The molecule has 0 spiro atoms. The molecular weight excluding hydrogens is 474 g/mol. The summed E-state index contributed by atoms with van der Waals surface area (Å²) in [4.78, 5) is 34.8. The summed E-state index contributed by atoms with van der Waals surface area (Å²) >= 11 is 0. The maximum atomic E-state index is 13.6. The molecular formula is C20H26F5N2O5P. The molecule has 0 aromatic heterocycles. The van der Waals surface area contributed by atoms with Crippen molar-refractivity contribution in [3.8, 4) is 0 Å². The fourth-order valence-electron chi connectivity index (χ4n) is 2.65. The molecule has 0 saturated heterocycles. The third-order valence-electron chi connectivity index (χ3n) is 4.57. The van der Waals surface area contributed by atoms with Crippen LogP contribution in [0.3, 0.4) is 0 Å². The summed E-state index contributed by atoms with van der Waals surface area (Å²) in [5.41, 5.74) is 0.844. The summed E-state index contributed by atoms with van der Waals surface area (Å²) < 4.78 is 78.0. The normalized spacial score (nSPS) is 13.8. The standard InChI is InChI=1S/C20H26F5N2O5P/c1-4-13(33(29,30)31)20(28)27-32-9-8-11(2)6-5-7-12(3)10-26-19-17(24)15(22)14(21)16(23)18(19)25/h7-8,13,26H,4-6,9-10H2,1-3H3,(H,27,28)(H2,29,30,31)/b11-8+,12-7+. The van der Waals surface area contributed by atoms with E-state index in [1.807, 2.05) is 5.48 Å². The van der Waals surface area contributed by atoms with Crippen LogP contribution in [0.4, 0.5) is 27.6 Å². The highest BCUT2D eigenvalue weighted by Gasteiger charge is 2.34. The number of rotatable bonds is 12. The zero-order valence-corrected chi connectivity index (χ0v) is 19.1. The molecule has 0 aliphatic rings. The average Bonchev–Trinajstić information content (AvgIpc) is 2.73. The Morgan fingerprint density at radius 2 is 1.55 bits per heavy atom. The van der Waals surface area contributed by atoms with E-state index in [1.54, 1.807) is 26.0 Å². The number of hydrogen-bond donors (Lipinski definition) is 4. The summed E-state index contributed by atoms with van der Waals surface area (Å²) in [6.07, 6.45) is 4.33. The number of halogens is 5. The van der Waals surface area contributed by atoms with Crippen molar-refractivity contribution in [2.24, 2.45) is 0 Å². The second-order valence-electron chi connectivity index (χ2n) is 7.23. The third-order valence-corrected chi connectivity index (χ3v) is 5.98. The van der Waals surface area contributed by atoms with Crippen molar-refractivity contribution in [2.75, 3.05) is 18.5 Å². The molecule has 0 fully saturated rings. The van der Waals surface area contributed by atoms with E-state index in [-0.39, 0.29) is 19.6 Å². The molecule has 0 saturated carbocycles. The van der Waals surface area contributed by atoms with Crippen molar-refractivity contribution in [3.05, 3.63) is 52.4 Å². The molecule has 1 rings (SSSR count). The Balaban J connectivity index is 2.49. The smallest absolute Gasteiger partial charge is 0.338 e.